The van der Waals surface area contributed by atoms with Gasteiger partial charge < -0.3 is 15.7 Å². The van der Waals surface area contributed by atoms with Crippen LogP contribution in [0.4, 0.5) is 5.69 Å². The smallest absolute Gasteiger partial charge is 0.328 e. The summed E-state index contributed by atoms with van der Waals surface area (Å²) in [5.74, 6) is -2.73. The molecule has 2 amide bonds. The zero-order valence-corrected chi connectivity index (χ0v) is 10.3. The van der Waals surface area contributed by atoms with Crippen LogP contribution in [0, 0.1) is 6.92 Å². The number of carboxylic acid groups (broad SMARTS) is 1. The van der Waals surface area contributed by atoms with Crippen molar-refractivity contribution >= 4 is 23.5 Å². The van der Waals surface area contributed by atoms with Gasteiger partial charge in [0.2, 0.25) is 0 Å². The van der Waals surface area contributed by atoms with Crippen LogP contribution in [0.5, 0.6) is 0 Å². The van der Waals surface area contributed by atoms with Crippen LogP contribution in [0.1, 0.15) is 5.56 Å². The molecule has 0 saturated heterocycles. The molecule has 6 nitrogen and oxygen atoms in total. The summed E-state index contributed by atoms with van der Waals surface area (Å²) in [5.41, 5.74) is 1.56. The number of aliphatic carboxylic acids is 1. The van der Waals surface area contributed by atoms with Crippen molar-refractivity contribution in [1.82, 2.24) is 5.32 Å². The number of rotatable bonds is 4. The normalized spacial score (nSPS) is 10.2. The Morgan fingerprint density at radius 2 is 1.79 bits per heavy atom. The Morgan fingerprint density at radius 3 is 2.37 bits per heavy atom. The molecule has 0 atom stereocenters. The van der Waals surface area contributed by atoms with Crippen molar-refractivity contribution in [3.8, 4) is 0 Å². The molecule has 100 valence electrons. The number of carboxylic acids is 1. The van der Waals surface area contributed by atoms with Crippen molar-refractivity contribution in [2.45, 2.75) is 6.92 Å². The van der Waals surface area contributed by atoms with Gasteiger partial charge in [-0.25, -0.2) is 4.79 Å². The van der Waals surface area contributed by atoms with Gasteiger partial charge in [-0.05, 0) is 19.1 Å². The van der Waals surface area contributed by atoms with Gasteiger partial charge in [0, 0.05) is 18.3 Å². The average Bonchev–Trinajstić information content (AvgIpc) is 2.36. The molecule has 0 radical (unpaired) electrons. The monoisotopic (exact) mass is 262 g/mol. The van der Waals surface area contributed by atoms with Crippen molar-refractivity contribution in [2.24, 2.45) is 0 Å². The van der Waals surface area contributed by atoms with Crippen LogP contribution in [0.2, 0.25) is 0 Å². The number of aryl methyl sites for hydroxylation is 1. The molecule has 6 heteroatoms. The molecule has 0 saturated carbocycles. The Morgan fingerprint density at radius 1 is 1.16 bits per heavy atom. The molecule has 0 aliphatic rings. The average molecular weight is 262 g/mol. The fourth-order valence-corrected chi connectivity index (χ4v) is 1.22. The molecule has 0 aromatic heterocycles. The highest BCUT2D eigenvalue weighted by Crippen LogP contribution is 2.07. The van der Waals surface area contributed by atoms with Crippen molar-refractivity contribution in [1.29, 1.82) is 0 Å². The van der Waals surface area contributed by atoms with Gasteiger partial charge in [-0.1, -0.05) is 23.8 Å². The minimum atomic E-state index is -1.11. The first kappa shape index (κ1) is 14.4. The Hall–Kier alpha value is -2.63. The molecular weight excluding hydrogens is 248 g/mol. The summed E-state index contributed by atoms with van der Waals surface area (Å²) in [6.07, 6.45) is 2.12. The zero-order chi connectivity index (χ0) is 14.3. The van der Waals surface area contributed by atoms with E-state index in [-0.39, 0.29) is 6.54 Å². The molecule has 1 rings (SSSR count). The molecule has 0 aliphatic heterocycles. The van der Waals surface area contributed by atoms with Crippen LogP contribution in [0.15, 0.2) is 36.4 Å². The largest absolute Gasteiger partial charge is 0.478 e. The molecule has 0 unspecified atom stereocenters. The lowest BCUT2D eigenvalue weighted by molar-refractivity contribution is -0.136. The lowest BCUT2D eigenvalue weighted by Crippen LogP contribution is -2.35. The fourth-order valence-electron chi connectivity index (χ4n) is 1.22. The lowest BCUT2D eigenvalue weighted by atomic mass is 10.2. The third-order valence-electron chi connectivity index (χ3n) is 2.16. The number of amides is 2. The topological polar surface area (TPSA) is 95.5 Å². The van der Waals surface area contributed by atoms with Crippen LogP contribution < -0.4 is 10.6 Å². The van der Waals surface area contributed by atoms with Crippen LogP contribution in [0.3, 0.4) is 0 Å². The number of hydrogen-bond donors (Lipinski definition) is 3. The van der Waals surface area contributed by atoms with E-state index in [1.807, 2.05) is 19.1 Å². The number of hydrogen-bond acceptors (Lipinski definition) is 3. The highest BCUT2D eigenvalue weighted by Gasteiger charge is 2.12. The maximum absolute atomic E-state index is 11.5. The molecule has 19 heavy (non-hydrogen) atoms. The van der Waals surface area contributed by atoms with Crippen molar-refractivity contribution in [2.75, 3.05) is 11.9 Å². The fraction of sp³-hybridized carbons (Fsp3) is 0.154. The minimum Gasteiger partial charge on any atom is -0.478 e. The van der Waals surface area contributed by atoms with Crippen LogP contribution in [0.25, 0.3) is 0 Å². The second-order valence-electron chi connectivity index (χ2n) is 3.77. The molecule has 0 fully saturated rings. The molecule has 1 aromatic carbocycles. The van der Waals surface area contributed by atoms with Gasteiger partial charge >= 0.3 is 17.8 Å². The third-order valence-corrected chi connectivity index (χ3v) is 2.16. The number of anilines is 1. The van der Waals surface area contributed by atoms with Gasteiger partial charge in [-0.3, -0.25) is 9.59 Å². The summed E-state index contributed by atoms with van der Waals surface area (Å²) in [6.45, 7) is 1.89. The predicted molar refractivity (Wildman–Crippen MR) is 69.6 cm³/mol. The maximum atomic E-state index is 11.5. The van der Waals surface area contributed by atoms with Gasteiger partial charge in [0.15, 0.2) is 0 Å². The van der Waals surface area contributed by atoms with Crippen LogP contribution in [-0.2, 0) is 14.4 Å². The van der Waals surface area contributed by atoms with Gasteiger partial charge in [0.05, 0.1) is 0 Å². The summed E-state index contributed by atoms with van der Waals surface area (Å²) < 4.78 is 0. The van der Waals surface area contributed by atoms with Crippen molar-refractivity contribution in [3.05, 3.63) is 42.0 Å². The highest BCUT2D eigenvalue weighted by molar-refractivity contribution is 6.39. The Balaban J connectivity index is 2.42. The predicted octanol–water partition coefficient (Wildman–Crippen LogP) is 0.691. The van der Waals surface area contributed by atoms with E-state index in [4.69, 9.17) is 5.11 Å². The van der Waals surface area contributed by atoms with Gasteiger partial charge in [0.1, 0.15) is 0 Å². The quantitative estimate of drug-likeness (QED) is 0.549. The molecule has 0 heterocycles. The summed E-state index contributed by atoms with van der Waals surface area (Å²) in [4.78, 5) is 33.0. The van der Waals surface area contributed by atoms with E-state index in [0.29, 0.717) is 5.69 Å². The molecule has 3 N–H and O–H groups in total. The second kappa shape index (κ2) is 6.95. The maximum Gasteiger partial charge on any atom is 0.328 e. The standard InChI is InChI=1S/C13H14N2O4/c1-9-4-6-10(7-5-9)15-13(19)12(18)14-8-2-3-11(16)17/h2-7H,8H2,1H3,(H,14,18)(H,15,19)(H,16,17)/b3-2+. The third kappa shape index (κ3) is 5.49. The summed E-state index contributed by atoms with van der Waals surface area (Å²) in [6, 6.07) is 6.99. The SMILES string of the molecule is Cc1ccc(NC(=O)C(=O)NC/C=C/C(=O)O)cc1. The van der Waals surface area contributed by atoms with Gasteiger partial charge in [-0.2, -0.15) is 0 Å². The van der Waals surface area contributed by atoms with E-state index in [1.54, 1.807) is 12.1 Å². The van der Waals surface area contributed by atoms with Crippen LogP contribution >= 0.6 is 0 Å². The first-order chi connectivity index (χ1) is 8.99. The molecule has 1 aromatic rings. The molecule has 0 aliphatic carbocycles. The van der Waals surface area contributed by atoms with Gasteiger partial charge in [-0.15, -0.1) is 0 Å². The number of carbonyl (C=O) groups is 3. The molecule has 0 bridgehead atoms. The van der Waals surface area contributed by atoms with E-state index < -0.39 is 17.8 Å². The van der Waals surface area contributed by atoms with Crippen LogP contribution in [-0.4, -0.2) is 29.4 Å². The van der Waals surface area contributed by atoms with Gasteiger partial charge in [0.25, 0.3) is 0 Å². The number of benzene rings is 1. The molecule has 0 spiro atoms. The molecular formula is C13H14N2O4. The second-order valence-corrected chi connectivity index (χ2v) is 3.77. The Bertz CT molecular complexity index is 506. The number of carbonyl (C=O) groups excluding carboxylic acids is 2. The van der Waals surface area contributed by atoms with E-state index in [2.05, 4.69) is 10.6 Å². The summed E-state index contributed by atoms with van der Waals surface area (Å²) in [7, 11) is 0. The Kier molecular flexibility index (Phi) is 5.28. The minimum absolute atomic E-state index is 0.0214. The van der Waals surface area contributed by atoms with E-state index >= 15 is 0 Å². The zero-order valence-electron chi connectivity index (χ0n) is 10.3. The Labute approximate surface area is 110 Å². The summed E-state index contributed by atoms with van der Waals surface area (Å²) >= 11 is 0. The summed E-state index contributed by atoms with van der Waals surface area (Å²) in [5, 5.41) is 13.0. The first-order valence-corrected chi connectivity index (χ1v) is 5.54. The van der Waals surface area contributed by atoms with E-state index in [9.17, 15) is 14.4 Å². The van der Waals surface area contributed by atoms with Crippen molar-refractivity contribution in [3.63, 3.8) is 0 Å². The number of nitrogens with one attached hydrogen (secondary N) is 2. The first-order valence-electron chi connectivity index (χ1n) is 5.54. The lowest BCUT2D eigenvalue weighted by Gasteiger charge is -2.05. The van der Waals surface area contributed by atoms with Crippen molar-refractivity contribution < 1.29 is 19.5 Å². The van der Waals surface area contributed by atoms with E-state index in [1.165, 1.54) is 6.08 Å². The highest BCUT2D eigenvalue weighted by atomic mass is 16.4. The van der Waals surface area contributed by atoms with E-state index in [0.717, 1.165) is 11.6 Å².